The van der Waals surface area contributed by atoms with E-state index in [0.29, 0.717) is 18.2 Å². The first-order valence-corrected chi connectivity index (χ1v) is 4.97. The summed E-state index contributed by atoms with van der Waals surface area (Å²) in [6, 6.07) is 1.67. The van der Waals surface area contributed by atoms with Crippen LogP contribution >= 0.6 is 0 Å². The zero-order valence-electron chi connectivity index (χ0n) is 9.16. The maximum atomic E-state index is 13.1. The normalized spacial score (nSPS) is 14.7. The van der Waals surface area contributed by atoms with E-state index in [0.717, 1.165) is 0 Å². The third-order valence-electron chi connectivity index (χ3n) is 2.37. The molecule has 0 spiro atoms. The number of carbonyl (C=O) groups is 1. The molecule has 1 rings (SSSR count). The Balaban J connectivity index is 3.26. The van der Waals surface area contributed by atoms with Gasteiger partial charge in [-0.05, 0) is 11.6 Å². The zero-order valence-corrected chi connectivity index (χ0v) is 9.16. The molecule has 1 N–H and O–H groups in total. The van der Waals surface area contributed by atoms with E-state index in [1.54, 1.807) is 0 Å². The largest absolute Gasteiger partial charge is 0.478 e. The average molecular weight is 286 g/mol. The number of carboxylic acids is 1. The smallest absolute Gasteiger partial charge is 0.336 e. The van der Waals surface area contributed by atoms with Gasteiger partial charge in [0.25, 0.3) is 12.9 Å². The number of hydrogen-bond acceptors (Lipinski definition) is 1. The van der Waals surface area contributed by atoms with Crippen molar-refractivity contribution in [1.29, 1.82) is 0 Å². The second-order valence-electron chi connectivity index (χ2n) is 3.62. The SMILES string of the molecule is O=C(O)c1cc(C(F)C(F)F)ccc1C(F)C(F)F. The van der Waals surface area contributed by atoms with Crippen molar-refractivity contribution in [2.75, 3.05) is 0 Å². The molecule has 106 valence electrons. The maximum Gasteiger partial charge on any atom is 0.336 e. The highest BCUT2D eigenvalue weighted by Gasteiger charge is 2.29. The molecule has 0 amide bonds. The van der Waals surface area contributed by atoms with Crippen LogP contribution in [0.4, 0.5) is 26.3 Å². The van der Waals surface area contributed by atoms with Crippen molar-refractivity contribution < 1.29 is 36.2 Å². The zero-order chi connectivity index (χ0) is 14.7. The van der Waals surface area contributed by atoms with E-state index in [2.05, 4.69) is 0 Å². The van der Waals surface area contributed by atoms with E-state index >= 15 is 0 Å². The first-order valence-electron chi connectivity index (χ1n) is 4.97. The van der Waals surface area contributed by atoms with Crippen molar-refractivity contribution in [2.24, 2.45) is 0 Å². The Labute approximate surface area is 103 Å². The highest BCUT2D eigenvalue weighted by Crippen LogP contribution is 2.32. The van der Waals surface area contributed by atoms with Gasteiger partial charge in [0.1, 0.15) is 0 Å². The Hall–Kier alpha value is -1.73. The number of aromatic carboxylic acids is 1. The van der Waals surface area contributed by atoms with Crippen LogP contribution in [-0.4, -0.2) is 23.9 Å². The van der Waals surface area contributed by atoms with Gasteiger partial charge >= 0.3 is 5.97 Å². The summed E-state index contributed by atoms with van der Waals surface area (Å²) in [6.07, 6.45) is -12.5. The molecule has 2 unspecified atom stereocenters. The van der Waals surface area contributed by atoms with E-state index < -0.39 is 47.9 Å². The molecule has 0 heterocycles. The minimum Gasteiger partial charge on any atom is -0.478 e. The molecule has 0 bridgehead atoms. The van der Waals surface area contributed by atoms with Gasteiger partial charge in [0, 0.05) is 5.56 Å². The van der Waals surface area contributed by atoms with Crippen molar-refractivity contribution in [2.45, 2.75) is 25.2 Å². The second-order valence-corrected chi connectivity index (χ2v) is 3.62. The third kappa shape index (κ3) is 3.39. The Kier molecular flexibility index (Phi) is 4.79. The summed E-state index contributed by atoms with van der Waals surface area (Å²) in [6.45, 7) is 0. The molecule has 0 saturated carbocycles. The molecule has 0 radical (unpaired) electrons. The number of halogens is 6. The fourth-order valence-corrected chi connectivity index (χ4v) is 1.45. The van der Waals surface area contributed by atoms with Gasteiger partial charge in [0.15, 0.2) is 12.3 Å². The second kappa shape index (κ2) is 5.94. The lowest BCUT2D eigenvalue weighted by atomic mass is 9.98. The van der Waals surface area contributed by atoms with E-state index in [-0.39, 0.29) is 0 Å². The molecular weight excluding hydrogens is 278 g/mol. The quantitative estimate of drug-likeness (QED) is 0.832. The van der Waals surface area contributed by atoms with Gasteiger partial charge in [-0.1, -0.05) is 12.1 Å². The summed E-state index contributed by atoms with van der Waals surface area (Å²) in [5, 5.41) is 8.72. The van der Waals surface area contributed by atoms with Crippen molar-refractivity contribution in [3.05, 3.63) is 34.9 Å². The number of benzene rings is 1. The Morgan fingerprint density at radius 1 is 0.947 bits per heavy atom. The standard InChI is InChI=1S/C11H8F6O2/c12-7(9(14)15)4-1-2-5(8(13)10(16)17)6(3-4)11(18)19/h1-3,7-10H,(H,18,19). The van der Waals surface area contributed by atoms with Crippen LogP contribution < -0.4 is 0 Å². The summed E-state index contributed by atoms with van der Waals surface area (Å²) in [7, 11) is 0. The van der Waals surface area contributed by atoms with Crippen LogP contribution in [0.2, 0.25) is 0 Å². The molecule has 0 saturated heterocycles. The Morgan fingerprint density at radius 2 is 1.47 bits per heavy atom. The summed E-state index contributed by atoms with van der Waals surface area (Å²) in [5.41, 5.74) is -2.56. The van der Waals surface area contributed by atoms with Gasteiger partial charge in [0.05, 0.1) is 5.56 Å². The van der Waals surface area contributed by atoms with Gasteiger partial charge in [-0.2, -0.15) is 0 Å². The molecule has 19 heavy (non-hydrogen) atoms. The van der Waals surface area contributed by atoms with Gasteiger partial charge < -0.3 is 5.11 Å². The highest BCUT2D eigenvalue weighted by molar-refractivity contribution is 5.89. The molecule has 8 heteroatoms. The molecule has 0 aliphatic heterocycles. The van der Waals surface area contributed by atoms with Crippen LogP contribution in [0.15, 0.2) is 18.2 Å². The monoisotopic (exact) mass is 286 g/mol. The molecular formula is C11H8F6O2. The average Bonchev–Trinajstić information content (AvgIpc) is 2.35. The lowest BCUT2D eigenvalue weighted by Gasteiger charge is -2.14. The Morgan fingerprint density at radius 3 is 1.89 bits per heavy atom. The highest BCUT2D eigenvalue weighted by atomic mass is 19.3. The third-order valence-corrected chi connectivity index (χ3v) is 2.37. The first-order chi connectivity index (χ1) is 8.75. The predicted molar refractivity (Wildman–Crippen MR) is 53.1 cm³/mol. The van der Waals surface area contributed by atoms with Crippen molar-refractivity contribution in [1.82, 2.24) is 0 Å². The molecule has 0 aliphatic rings. The summed E-state index contributed by atoms with van der Waals surface area (Å²) >= 11 is 0. The van der Waals surface area contributed by atoms with Crippen LogP contribution in [-0.2, 0) is 0 Å². The Bertz CT molecular complexity index is 462. The summed E-state index contributed by atoms with van der Waals surface area (Å²) < 4.78 is 74.7. The molecule has 0 aromatic heterocycles. The molecule has 1 aromatic carbocycles. The summed E-state index contributed by atoms with van der Waals surface area (Å²) in [5.74, 6) is -1.80. The van der Waals surface area contributed by atoms with Crippen LogP contribution in [0, 0.1) is 0 Å². The van der Waals surface area contributed by atoms with Crippen LogP contribution in [0.25, 0.3) is 0 Å². The van der Waals surface area contributed by atoms with Crippen LogP contribution in [0.1, 0.15) is 33.8 Å². The fourth-order valence-electron chi connectivity index (χ4n) is 1.45. The number of alkyl halides is 6. The van der Waals surface area contributed by atoms with E-state index in [9.17, 15) is 31.1 Å². The lowest BCUT2D eigenvalue weighted by Crippen LogP contribution is -2.12. The summed E-state index contributed by atoms with van der Waals surface area (Å²) in [4.78, 5) is 10.8. The fraction of sp³-hybridized carbons (Fsp3) is 0.364. The predicted octanol–water partition coefficient (Wildman–Crippen LogP) is 3.94. The molecule has 1 aromatic rings. The maximum absolute atomic E-state index is 13.1. The molecule has 2 nitrogen and oxygen atoms in total. The van der Waals surface area contributed by atoms with E-state index in [1.807, 2.05) is 0 Å². The van der Waals surface area contributed by atoms with Crippen molar-refractivity contribution in [3.63, 3.8) is 0 Å². The van der Waals surface area contributed by atoms with Crippen molar-refractivity contribution in [3.8, 4) is 0 Å². The minimum absolute atomic E-state index is 0.434. The topological polar surface area (TPSA) is 37.3 Å². The number of rotatable bonds is 5. The van der Waals surface area contributed by atoms with Gasteiger partial charge in [-0.25, -0.2) is 31.1 Å². The number of hydrogen-bond donors (Lipinski definition) is 1. The molecule has 2 atom stereocenters. The molecule has 0 fully saturated rings. The molecule has 0 aliphatic carbocycles. The van der Waals surface area contributed by atoms with Crippen LogP contribution in [0.3, 0.4) is 0 Å². The van der Waals surface area contributed by atoms with Gasteiger partial charge in [-0.15, -0.1) is 0 Å². The number of carboxylic acid groups (broad SMARTS) is 1. The lowest BCUT2D eigenvalue weighted by molar-refractivity contribution is 0.0459. The van der Waals surface area contributed by atoms with Gasteiger partial charge in [0.2, 0.25) is 0 Å². The first kappa shape index (κ1) is 15.3. The van der Waals surface area contributed by atoms with Gasteiger partial charge in [-0.3, -0.25) is 0 Å². The van der Waals surface area contributed by atoms with Crippen molar-refractivity contribution >= 4 is 5.97 Å². The van der Waals surface area contributed by atoms with E-state index in [1.165, 1.54) is 0 Å². The van der Waals surface area contributed by atoms with E-state index in [4.69, 9.17) is 5.11 Å². The minimum atomic E-state index is -3.47. The van der Waals surface area contributed by atoms with Crippen LogP contribution in [0.5, 0.6) is 0 Å².